The van der Waals surface area contributed by atoms with E-state index in [0.717, 1.165) is 39.7 Å². The summed E-state index contributed by atoms with van der Waals surface area (Å²) >= 11 is 5.82. The molecule has 172 valence electrons. The Morgan fingerprint density at radius 2 is 1.76 bits per heavy atom. The van der Waals surface area contributed by atoms with Crippen LogP contribution in [0.25, 0.3) is 5.82 Å². The SMILES string of the molecule is Cc1ccnc(-n2c(C)cc([C@H]3[C@H](c4ccccn4)NC(=S)N3c3ccc(F)c(C)c3)c2C)c1. The van der Waals surface area contributed by atoms with Gasteiger partial charge in [-0.15, -0.1) is 0 Å². The molecule has 1 saturated heterocycles. The van der Waals surface area contributed by atoms with Gasteiger partial charge >= 0.3 is 0 Å². The Labute approximate surface area is 204 Å². The molecule has 1 N–H and O–H groups in total. The lowest BCUT2D eigenvalue weighted by atomic mass is 9.96. The van der Waals surface area contributed by atoms with E-state index in [2.05, 4.69) is 57.7 Å². The predicted octanol–water partition coefficient (Wildman–Crippen LogP) is 5.82. The first kappa shape index (κ1) is 22.2. The number of anilines is 1. The summed E-state index contributed by atoms with van der Waals surface area (Å²) in [5, 5.41) is 4.07. The Hall–Kier alpha value is -3.58. The fourth-order valence-electron chi connectivity index (χ4n) is 4.81. The highest BCUT2D eigenvalue weighted by molar-refractivity contribution is 7.80. The first-order chi connectivity index (χ1) is 16.3. The zero-order chi connectivity index (χ0) is 24.0. The third kappa shape index (κ3) is 3.76. The summed E-state index contributed by atoms with van der Waals surface area (Å²) in [6.45, 7) is 8.03. The number of hydrogen-bond donors (Lipinski definition) is 1. The second-order valence-corrected chi connectivity index (χ2v) is 9.17. The summed E-state index contributed by atoms with van der Waals surface area (Å²) in [6, 6.07) is 17.0. The topological polar surface area (TPSA) is 46.0 Å². The van der Waals surface area contributed by atoms with Crippen LogP contribution in [0.15, 0.2) is 67.0 Å². The van der Waals surface area contributed by atoms with Gasteiger partial charge in [0.05, 0.1) is 17.8 Å². The number of aromatic nitrogens is 3. The minimum atomic E-state index is -0.233. The van der Waals surface area contributed by atoms with Crippen LogP contribution in [-0.2, 0) is 0 Å². The van der Waals surface area contributed by atoms with Gasteiger partial charge in [-0.2, -0.15) is 0 Å². The second-order valence-electron chi connectivity index (χ2n) is 8.78. The van der Waals surface area contributed by atoms with E-state index in [1.165, 1.54) is 6.07 Å². The minimum Gasteiger partial charge on any atom is -0.351 e. The zero-order valence-corrected chi connectivity index (χ0v) is 20.4. The van der Waals surface area contributed by atoms with Crippen molar-refractivity contribution in [3.8, 4) is 5.82 Å². The first-order valence-corrected chi connectivity index (χ1v) is 11.6. The van der Waals surface area contributed by atoms with Crippen molar-refractivity contribution in [1.29, 1.82) is 0 Å². The Morgan fingerprint density at radius 3 is 2.47 bits per heavy atom. The molecule has 34 heavy (non-hydrogen) atoms. The van der Waals surface area contributed by atoms with E-state index in [1.807, 2.05) is 36.5 Å². The van der Waals surface area contributed by atoms with Crippen LogP contribution in [0.5, 0.6) is 0 Å². The van der Waals surface area contributed by atoms with Gasteiger partial charge in [0.2, 0.25) is 0 Å². The standard InChI is InChI=1S/C27H26FN5S/c1-16-10-12-30-24(13-16)32-18(3)15-21(19(32)4)26-25(23-7-5-6-11-29-23)31-27(34)33(26)20-8-9-22(28)17(2)14-20/h5-15,25-26H,1-4H3,(H,31,34)/t25-,26-/m0/s1. The molecule has 0 unspecified atom stereocenters. The number of nitrogens with one attached hydrogen (secondary N) is 1. The molecule has 1 fully saturated rings. The van der Waals surface area contributed by atoms with Crippen LogP contribution in [0.3, 0.4) is 0 Å². The molecule has 4 aromatic rings. The lowest BCUT2D eigenvalue weighted by molar-refractivity contribution is 0.564. The van der Waals surface area contributed by atoms with Crippen molar-refractivity contribution in [2.24, 2.45) is 0 Å². The van der Waals surface area contributed by atoms with E-state index >= 15 is 0 Å². The van der Waals surface area contributed by atoms with Crippen molar-refractivity contribution in [1.82, 2.24) is 19.9 Å². The number of aryl methyl sites for hydroxylation is 3. The van der Waals surface area contributed by atoms with E-state index in [1.54, 1.807) is 19.2 Å². The highest BCUT2D eigenvalue weighted by Gasteiger charge is 2.42. The fraction of sp³-hybridized carbons (Fsp3) is 0.222. The van der Waals surface area contributed by atoms with Crippen molar-refractivity contribution in [2.45, 2.75) is 39.8 Å². The Bertz CT molecular complexity index is 1380. The van der Waals surface area contributed by atoms with Crippen LogP contribution in [0.4, 0.5) is 10.1 Å². The molecule has 2 atom stereocenters. The molecular formula is C27H26FN5S. The molecule has 0 saturated carbocycles. The quantitative estimate of drug-likeness (QED) is 0.380. The molecule has 1 aliphatic rings. The largest absolute Gasteiger partial charge is 0.351 e. The molecule has 0 amide bonds. The maximum Gasteiger partial charge on any atom is 0.174 e. The van der Waals surface area contributed by atoms with Crippen LogP contribution < -0.4 is 10.2 Å². The number of pyridine rings is 2. The molecule has 5 rings (SSSR count). The van der Waals surface area contributed by atoms with Crippen molar-refractivity contribution >= 4 is 23.0 Å². The van der Waals surface area contributed by atoms with Gasteiger partial charge < -0.3 is 14.8 Å². The fourth-order valence-corrected chi connectivity index (χ4v) is 5.16. The minimum absolute atomic E-state index is 0.168. The molecule has 0 bridgehead atoms. The number of halogens is 1. The smallest absolute Gasteiger partial charge is 0.174 e. The second kappa shape index (κ2) is 8.65. The Kier molecular flexibility index (Phi) is 5.65. The predicted molar refractivity (Wildman–Crippen MR) is 137 cm³/mol. The summed E-state index contributed by atoms with van der Waals surface area (Å²) in [6.07, 6.45) is 3.63. The molecule has 0 radical (unpaired) electrons. The van der Waals surface area contributed by atoms with Crippen LogP contribution in [0.1, 0.15) is 45.9 Å². The van der Waals surface area contributed by atoms with Gasteiger partial charge in [0.15, 0.2) is 5.11 Å². The summed E-state index contributed by atoms with van der Waals surface area (Å²) in [4.78, 5) is 11.3. The molecule has 5 nitrogen and oxygen atoms in total. The maximum atomic E-state index is 14.1. The molecule has 0 aliphatic carbocycles. The van der Waals surface area contributed by atoms with Gasteiger partial charge in [0.25, 0.3) is 0 Å². The lowest BCUT2D eigenvalue weighted by Gasteiger charge is -2.28. The zero-order valence-electron chi connectivity index (χ0n) is 19.6. The van der Waals surface area contributed by atoms with Crippen LogP contribution in [0, 0.1) is 33.5 Å². The van der Waals surface area contributed by atoms with E-state index in [-0.39, 0.29) is 17.9 Å². The first-order valence-electron chi connectivity index (χ1n) is 11.2. The van der Waals surface area contributed by atoms with Gasteiger partial charge in [-0.3, -0.25) is 4.98 Å². The van der Waals surface area contributed by atoms with Crippen LogP contribution in [0.2, 0.25) is 0 Å². The van der Waals surface area contributed by atoms with Gasteiger partial charge in [0, 0.05) is 29.5 Å². The highest BCUT2D eigenvalue weighted by atomic mass is 32.1. The third-order valence-corrected chi connectivity index (χ3v) is 6.75. The highest BCUT2D eigenvalue weighted by Crippen LogP contribution is 2.43. The molecule has 4 heterocycles. The molecule has 3 aromatic heterocycles. The van der Waals surface area contributed by atoms with E-state index in [0.29, 0.717) is 10.7 Å². The van der Waals surface area contributed by atoms with Crippen molar-refractivity contribution in [3.63, 3.8) is 0 Å². The van der Waals surface area contributed by atoms with Crippen molar-refractivity contribution < 1.29 is 4.39 Å². The summed E-state index contributed by atoms with van der Waals surface area (Å²) in [5.41, 5.74) is 6.75. The monoisotopic (exact) mass is 471 g/mol. The number of benzene rings is 1. The normalized spacial score (nSPS) is 17.8. The average Bonchev–Trinajstić information content (AvgIpc) is 3.31. The van der Waals surface area contributed by atoms with Crippen molar-refractivity contribution in [3.05, 3.63) is 107 Å². The van der Waals surface area contributed by atoms with Gasteiger partial charge in [0.1, 0.15) is 11.6 Å². The number of hydrogen-bond acceptors (Lipinski definition) is 3. The van der Waals surface area contributed by atoms with Crippen LogP contribution >= 0.6 is 12.2 Å². The van der Waals surface area contributed by atoms with Gasteiger partial charge in [-0.1, -0.05) is 6.07 Å². The number of nitrogens with zero attached hydrogens (tertiary/aromatic N) is 4. The number of rotatable bonds is 4. The van der Waals surface area contributed by atoms with E-state index in [4.69, 9.17) is 12.2 Å². The van der Waals surface area contributed by atoms with E-state index in [9.17, 15) is 4.39 Å². The Balaban J connectivity index is 1.69. The lowest BCUT2D eigenvalue weighted by Crippen LogP contribution is -2.29. The Morgan fingerprint density at radius 1 is 0.941 bits per heavy atom. The molecule has 1 aromatic carbocycles. The van der Waals surface area contributed by atoms with Crippen LogP contribution in [-0.4, -0.2) is 19.6 Å². The van der Waals surface area contributed by atoms with Gasteiger partial charge in [-0.05, 0) is 105 Å². The molecule has 1 aliphatic heterocycles. The molecule has 7 heteroatoms. The summed E-state index contributed by atoms with van der Waals surface area (Å²) in [7, 11) is 0. The summed E-state index contributed by atoms with van der Waals surface area (Å²) < 4.78 is 16.3. The average molecular weight is 472 g/mol. The molecular weight excluding hydrogens is 445 g/mol. The van der Waals surface area contributed by atoms with Crippen molar-refractivity contribution in [2.75, 3.05) is 4.90 Å². The van der Waals surface area contributed by atoms with Gasteiger partial charge in [-0.25, -0.2) is 9.37 Å². The molecule has 0 spiro atoms. The third-order valence-electron chi connectivity index (χ3n) is 6.44. The maximum absolute atomic E-state index is 14.1. The summed E-state index contributed by atoms with van der Waals surface area (Å²) in [5.74, 6) is 0.650. The number of thiocarbonyl (C=S) groups is 1. The van der Waals surface area contributed by atoms with E-state index < -0.39 is 0 Å².